The van der Waals surface area contributed by atoms with Crippen molar-refractivity contribution in [3.05, 3.63) is 24.2 Å². The lowest BCUT2D eigenvalue weighted by molar-refractivity contribution is 0.772. The highest BCUT2D eigenvalue weighted by Crippen LogP contribution is 2.18. The van der Waals surface area contributed by atoms with Crippen LogP contribution in [-0.4, -0.2) is 26.8 Å². The average Bonchev–Trinajstić information content (AvgIpc) is 2.63. The van der Waals surface area contributed by atoms with E-state index in [-0.39, 0.29) is 0 Å². The van der Waals surface area contributed by atoms with E-state index in [1.165, 1.54) is 0 Å². The van der Waals surface area contributed by atoms with Gasteiger partial charge in [-0.15, -0.1) is 0 Å². The molecule has 0 aliphatic heterocycles. The maximum absolute atomic E-state index is 4.37. The first-order valence-corrected chi connectivity index (χ1v) is 4.72. The zero-order chi connectivity index (χ0) is 10.8. The van der Waals surface area contributed by atoms with Gasteiger partial charge in [-0.3, -0.25) is 4.68 Å². The number of nitrogens with zero attached hydrogens (tertiary/aromatic N) is 4. The lowest BCUT2D eigenvalue weighted by Gasteiger charge is -2.05. The monoisotopic (exact) mass is 203 g/mol. The Labute approximate surface area is 88.2 Å². The molecule has 0 amide bonds. The van der Waals surface area contributed by atoms with Crippen molar-refractivity contribution in [2.24, 2.45) is 7.05 Å². The lowest BCUT2D eigenvalue weighted by atomic mass is 10.3. The fourth-order valence-corrected chi connectivity index (χ4v) is 1.45. The molecule has 5 nitrogen and oxygen atoms in total. The van der Waals surface area contributed by atoms with E-state index >= 15 is 0 Å². The van der Waals surface area contributed by atoms with Crippen molar-refractivity contribution < 1.29 is 0 Å². The molecule has 5 heteroatoms. The van der Waals surface area contributed by atoms with Crippen LogP contribution in [0.15, 0.2) is 18.3 Å². The number of hydrogen-bond acceptors (Lipinski definition) is 4. The normalized spacial score (nSPS) is 10.3. The van der Waals surface area contributed by atoms with Crippen LogP contribution in [0.25, 0.3) is 11.4 Å². The van der Waals surface area contributed by atoms with Crippen molar-refractivity contribution >= 4 is 5.82 Å². The maximum atomic E-state index is 4.37. The van der Waals surface area contributed by atoms with Gasteiger partial charge in [-0.25, -0.2) is 9.97 Å². The van der Waals surface area contributed by atoms with Crippen LogP contribution in [0.1, 0.15) is 5.82 Å². The van der Waals surface area contributed by atoms with E-state index in [2.05, 4.69) is 20.4 Å². The quantitative estimate of drug-likeness (QED) is 0.797. The van der Waals surface area contributed by atoms with Gasteiger partial charge in [0.15, 0.2) is 0 Å². The molecule has 0 bridgehead atoms. The van der Waals surface area contributed by atoms with Gasteiger partial charge in [0.25, 0.3) is 0 Å². The van der Waals surface area contributed by atoms with Crippen LogP contribution in [0.2, 0.25) is 0 Å². The van der Waals surface area contributed by atoms with E-state index in [1.807, 2.05) is 33.2 Å². The summed E-state index contributed by atoms with van der Waals surface area (Å²) >= 11 is 0. The molecule has 0 fully saturated rings. The molecule has 2 rings (SSSR count). The van der Waals surface area contributed by atoms with Gasteiger partial charge in [0.05, 0.1) is 11.4 Å². The van der Waals surface area contributed by atoms with E-state index in [9.17, 15) is 0 Å². The standard InChI is InChI=1S/C10H13N5/c1-7-13-8(6-10(11-2)14-7)9-4-5-12-15(9)3/h4-6H,1-3H3,(H,11,13,14). The van der Waals surface area contributed by atoms with Crippen LogP contribution in [0.5, 0.6) is 0 Å². The van der Waals surface area contributed by atoms with Crippen molar-refractivity contribution in [3.8, 4) is 11.4 Å². The smallest absolute Gasteiger partial charge is 0.130 e. The summed E-state index contributed by atoms with van der Waals surface area (Å²) < 4.78 is 1.79. The van der Waals surface area contributed by atoms with Gasteiger partial charge in [-0.1, -0.05) is 0 Å². The fourth-order valence-electron chi connectivity index (χ4n) is 1.45. The summed E-state index contributed by atoms with van der Waals surface area (Å²) in [4.78, 5) is 8.61. The molecule has 1 N–H and O–H groups in total. The molecule has 0 aliphatic rings. The lowest BCUT2D eigenvalue weighted by Crippen LogP contribution is -2.01. The molecule has 78 valence electrons. The predicted octanol–water partition coefficient (Wildman–Crippen LogP) is 1.23. The second kappa shape index (κ2) is 3.68. The molecule has 0 radical (unpaired) electrons. The van der Waals surface area contributed by atoms with Crippen LogP contribution in [0, 0.1) is 6.92 Å². The summed E-state index contributed by atoms with van der Waals surface area (Å²) in [6.07, 6.45) is 1.76. The highest BCUT2D eigenvalue weighted by Gasteiger charge is 2.06. The number of nitrogens with one attached hydrogen (secondary N) is 1. The van der Waals surface area contributed by atoms with Crippen molar-refractivity contribution in [2.45, 2.75) is 6.92 Å². The summed E-state index contributed by atoms with van der Waals surface area (Å²) in [5, 5.41) is 7.12. The van der Waals surface area contributed by atoms with Crippen LogP contribution in [0.3, 0.4) is 0 Å². The molecule has 0 spiro atoms. The van der Waals surface area contributed by atoms with Gasteiger partial charge in [0, 0.05) is 26.4 Å². The molecule has 0 saturated heterocycles. The number of anilines is 1. The minimum absolute atomic E-state index is 0.748. The number of hydrogen-bond donors (Lipinski definition) is 1. The average molecular weight is 203 g/mol. The Morgan fingerprint density at radius 3 is 2.73 bits per heavy atom. The van der Waals surface area contributed by atoms with Crippen LogP contribution in [-0.2, 0) is 7.05 Å². The topological polar surface area (TPSA) is 55.6 Å². The van der Waals surface area contributed by atoms with E-state index in [0.29, 0.717) is 0 Å². The molecule has 0 saturated carbocycles. The summed E-state index contributed by atoms with van der Waals surface area (Å²) in [5.74, 6) is 1.57. The van der Waals surface area contributed by atoms with Crippen molar-refractivity contribution in [1.29, 1.82) is 0 Å². The SMILES string of the molecule is CNc1cc(-c2ccnn2C)nc(C)n1. The Kier molecular flexibility index (Phi) is 2.37. The molecule has 0 unspecified atom stereocenters. The first-order chi connectivity index (χ1) is 7.20. The minimum Gasteiger partial charge on any atom is -0.373 e. The first-order valence-electron chi connectivity index (χ1n) is 4.72. The molecular formula is C10H13N5. The number of aryl methyl sites for hydroxylation is 2. The van der Waals surface area contributed by atoms with Crippen molar-refractivity contribution in [2.75, 3.05) is 12.4 Å². The van der Waals surface area contributed by atoms with E-state index in [0.717, 1.165) is 23.0 Å². The Balaban J connectivity index is 2.53. The van der Waals surface area contributed by atoms with Gasteiger partial charge in [-0.05, 0) is 13.0 Å². The van der Waals surface area contributed by atoms with Gasteiger partial charge < -0.3 is 5.32 Å². The highest BCUT2D eigenvalue weighted by molar-refractivity contribution is 5.58. The van der Waals surface area contributed by atoms with Crippen LogP contribution < -0.4 is 5.32 Å². The Bertz CT molecular complexity index is 474. The molecule has 0 atom stereocenters. The Hall–Kier alpha value is -1.91. The van der Waals surface area contributed by atoms with Gasteiger partial charge >= 0.3 is 0 Å². The maximum Gasteiger partial charge on any atom is 0.130 e. The van der Waals surface area contributed by atoms with Gasteiger partial charge in [0.1, 0.15) is 11.6 Å². The third kappa shape index (κ3) is 1.81. The van der Waals surface area contributed by atoms with Gasteiger partial charge in [0.2, 0.25) is 0 Å². The third-order valence-electron chi connectivity index (χ3n) is 2.18. The molecule has 15 heavy (non-hydrogen) atoms. The second-order valence-corrected chi connectivity index (χ2v) is 3.28. The fraction of sp³-hybridized carbons (Fsp3) is 0.300. The largest absolute Gasteiger partial charge is 0.373 e. The first kappa shape index (κ1) is 9.64. The van der Waals surface area contributed by atoms with Crippen molar-refractivity contribution in [3.63, 3.8) is 0 Å². The summed E-state index contributed by atoms with van der Waals surface area (Å²) in [6, 6.07) is 3.84. The highest BCUT2D eigenvalue weighted by atomic mass is 15.3. The molecule has 2 heterocycles. The Morgan fingerprint density at radius 2 is 2.13 bits per heavy atom. The third-order valence-corrected chi connectivity index (χ3v) is 2.18. The Morgan fingerprint density at radius 1 is 1.33 bits per heavy atom. The number of aromatic nitrogens is 4. The van der Waals surface area contributed by atoms with Crippen LogP contribution >= 0.6 is 0 Å². The van der Waals surface area contributed by atoms with Gasteiger partial charge in [-0.2, -0.15) is 5.10 Å². The minimum atomic E-state index is 0.748. The zero-order valence-corrected chi connectivity index (χ0v) is 9.02. The molecule has 2 aromatic heterocycles. The van der Waals surface area contributed by atoms with E-state index < -0.39 is 0 Å². The van der Waals surface area contributed by atoms with E-state index in [1.54, 1.807) is 10.9 Å². The van der Waals surface area contributed by atoms with Crippen LogP contribution in [0.4, 0.5) is 5.82 Å². The molecular weight excluding hydrogens is 190 g/mol. The molecule has 0 aliphatic carbocycles. The predicted molar refractivity (Wildman–Crippen MR) is 58.5 cm³/mol. The van der Waals surface area contributed by atoms with E-state index in [4.69, 9.17) is 0 Å². The molecule has 2 aromatic rings. The molecule has 0 aromatic carbocycles. The second-order valence-electron chi connectivity index (χ2n) is 3.28. The summed E-state index contributed by atoms with van der Waals surface area (Å²) in [5.41, 5.74) is 1.86. The van der Waals surface area contributed by atoms with Crippen molar-refractivity contribution in [1.82, 2.24) is 19.7 Å². The zero-order valence-electron chi connectivity index (χ0n) is 9.02. The summed E-state index contributed by atoms with van der Waals surface area (Å²) in [7, 11) is 3.74. The number of rotatable bonds is 2. The summed E-state index contributed by atoms with van der Waals surface area (Å²) in [6.45, 7) is 1.88.